The van der Waals surface area contributed by atoms with E-state index < -0.39 is 0 Å². The van der Waals surface area contributed by atoms with Crippen LogP contribution in [0.15, 0.2) is 94.9 Å². The molecule has 0 atom stereocenters. The molecular weight excluding hydrogens is 455 g/mol. The lowest BCUT2D eigenvalue weighted by atomic mass is 9.97. The number of nitrogens with one attached hydrogen (secondary N) is 1. The summed E-state index contributed by atoms with van der Waals surface area (Å²) in [5.41, 5.74) is 10.7. The SMILES string of the molecule is Cc1ccc(-c2ncc(CN=C(N)NSc3ccccc3)cc2-c2ccc(Cl)cc2)cc1F. The monoisotopic (exact) mass is 476 g/mol. The van der Waals surface area contributed by atoms with Crippen LogP contribution in [-0.4, -0.2) is 10.9 Å². The van der Waals surface area contributed by atoms with Gasteiger partial charge in [0.15, 0.2) is 5.96 Å². The number of aliphatic imine (C=N–C) groups is 1. The van der Waals surface area contributed by atoms with E-state index in [-0.39, 0.29) is 5.82 Å². The third kappa shape index (κ3) is 5.92. The minimum Gasteiger partial charge on any atom is -0.369 e. The zero-order valence-electron chi connectivity index (χ0n) is 17.9. The number of nitrogens with zero attached hydrogens (tertiary/aromatic N) is 2. The molecule has 0 unspecified atom stereocenters. The van der Waals surface area contributed by atoms with Gasteiger partial charge >= 0.3 is 0 Å². The van der Waals surface area contributed by atoms with E-state index in [2.05, 4.69) is 14.7 Å². The van der Waals surface area contributed by atoms with Gasteiger partial charge in [0.2, 0.25) is 0 Å². The van der Waals surface area contributed by atoms with Crippen molar-refractivity contribution in [2.45, 2.75) is 18.4 Å². The molecule has 1 aromatic heterocycles. The normalized spacial score (nSPS) is 11.4. The van der Waals surface area contributed by atoms with E-state index in [0.717, 1.165) is 21.6 Å². The summed E-state index contributed by atoms with van der Waals surface area (Å²) < 4.78 is 17.3. The van der Waals surface area contributed by atoms with Crippen molar-refractivity contribution in [3.63, 3.8) is 0 Å². The van der Waals surface area contributed by atoms with Gasteiger partial charge in [-0.15, -0.1) is 0 Å². The van der Waals surface area contributed by atoms with Gasteiger partial charge in [0.25, 0.3) is 0 Å². The van der Waals surface area contributed by atoms with Crippen LogP contribution < -0.4 is 10.5 Å². The van der Waals surface area contributed by atoms with Gasteiger partial charge in [-0.2, -0.15) is 0 Å². The second-order valence-electron chi connectivity index (χ2n) is 7.43. The number of pyridine rings is 1. The number of nitrogens with two attached hydrogens (primary N) is 1. The minimum atomic E-state index is -0.264. The van der Waals surface area contributed by atoms with Crippen LogP contribution in [0.2, 0.25) is 5.02 Å². The first-order valence-electron chi connectivity index (χ1n) is 10.3. The van der Waals surface area contributed by atoms with E-state index in [1.165, 1.54) is 18.0 Å². The topological polar surface area (TPSA) is 63.3 Å². The number of aromatic nitrogens is 1. The molecule has 4 nitrogen and oxygen atoms in total. The van der Waals surface area contributed by atoms with Gasteiger partial charge < -0.3 is 5.73 Å². The fraction of sp³-hybridized carbons (Fsp3) is 0.0769. The zero-order valence-corrected chi connectivity index (χ0v) is 19.5. The number of rotatable bonds is 6. The van der Waals surface area contributed by atoms with Crippen molar-refractivity contribution in [1.82, 2.24) is 9.71 Å². The van der Waals surface area contributed by atoms with Gasteiger partial charge in [-0.3, -0.25) is 9.71 Å². The average molecular weight is 477 g/mol. The molecule has 3 N–H and O–H groups in total. The Morgan fingerprint density at radius 1 is 1.03 bits per heavy atom. The van der Waals surface area contributed by atoms with Crippen molar-refractivity contribution in [3.8, 4) is 22.4 Å². The molecule has 166 valence electrons. The van der Waals surface area contributed by atoms with Gasteiger partial charge in [0.1, 0.15) is 5.82 Å². The number of benzene rings is 3. The molecule has 0 aliphatic heterocycles. The molecule has 3 aromatic carbocycles. The Labute approximate surface area is 201 Å². The van der Waals surface area contributed by atoms with Crippen molar-refractivity contribution in [3.05, 3.63) is 107 Å². The van der Waals surface area contributed by atoms with Crippen molar-refractivity contribution >= 4 is 29.5 Å². The van der Waals surface area contributed by atoms with Crippen molar-refractivity contribution in [1.29, 1.82) is 0 Å². The third-order valence-electron chi connectivity index (χ3n) is 4.99. The molecule has 0 aliphatic carbocycles. The van der Waals surface area contributed by atoms with E-state index in [9.17, 15) is 4.39 Å². The molecule has 4 aromatic rings. The maximum absolute atomic E-state index is 14.3. The van der Waals surface area contributed by atoms with Gasteiger partial charge in [-0.05, 0) is 72.0 Å². The number of aryl methyl sites for hydroxylation is 1. The zero-order chi connectivity index (χ0) is 23.2. The first kappa shape index (κ1) is 22.8. The quantitative estimate of drug-likeness (QED) is 0.186. The highest BCUT2D eigenvalue weighted by atomic mass is 35.5. The van der Waals surface area contributed by atoms with Crippen molar-refractivity contribution < 1.29 is 4.39 Å². The van der Waals surface area contributed by atoms with E-state index in [4.69, 9.17) is 17.3 Å². The maximum atomic E-state index is 14.3. The van der Waals surface area contributed by atoms with Gasteiger partial charge in [-0.1, -0.05) is 54.1 Å². The minimum absolute atomic E-state index is 0.264. The summed E-state index contributed by atoms with van der Waals surface area (Å²) in [5, 5.41) is 0.644. The predicted octanol–water partition coefficient (Wildman–Crippen LogP) is 6.63. The molecule has 0 fully saturated rings. The Kier molecular flexibility index (Phi) is 7.27. The summed E-state index contributed by atoms with van der Waals surface area (Å²) in [6, 6.07) is 24.5. The lowest BCUT2D eigenvalue weighted by molar-refractivity contribution is 0.619. The second-order valence-corrected chi connectivity index (χ2v) is 8.75. The van der Waals surface area contributed by atoms with E-state index in [1.807, 2.05) is 66.7 Å². The van der Waals surface area contributed by atoms with E-state index in [1.54, 1.807) is 19.2 Å². The highest BCUT2D eigenvalue weighted by molar-refractivity contribution is 7.98. The smallest absolute Gasteiger partial charge is 0.199 e. The lowest BCUT2D eigenvalue weighted by Gasteiger charge is -2.12. The Morgan fingerprint density at radius 3 is 2.48 bits per heavy atom. The van der Waals surface area contributed by atoms with Crippen LogP contribution in [0.4, 0.5) is 4.39 Å². The fourth-order valence-corrected chi connectivity index (χ4v) is 3.93. The van der Waals surface area contributed by atoms with Crippen molar-refractivity contribution in [2.24, 2.45) is 10.7 Å². The second kappa shape index (κ2) is 10.5. The highest BCUT2D eigenvalue weighted by Crippen LogP contribution is 2.32. The van der Waals surface area contributed by atoms with Gasteiger partial charge in [0.05, 0.1) is 12.2 Å². The Hall–Kier alpha value is -3.35. The van der Waals surface area contributed by atoms with Crippen LogP contribution in [-0.2, 0) is 6.54 Å². The number of hydrogen-bond donors (Lipinski definition) is 2. The molecule has 0 saturated heterocycles. The van der Waals surface area contributed by atoms with Crippen LogP contribution in [0.3, 0.4) is 0 Å². The Balaban J connectivity index is 1.61. The summed E-state index contributed by atoms with van der Waals surface area (Å²) in [4.78, 5) is 10.1. The van der Waals surface area contributed by atoms with Crippen molar-refractivity contribution in [2.75, 3.05) is 0 Å². The number of hydrogen-bond acceptors (Lipinski definition) is 3. The predicted molar refractivity (Wildman–Crippen MR) is 136 cm³/mol. The lowest BCUT2D eigenvalue weighted by Crippen LogP contribution is -2.25. The molecule has 1 heterocycles. The molecule has 0 spiro atoms. The van der Waals surface area contributed by atoms with Gasteiger partial charge in [0, 0.05) is 27.2 Å². The van der Waals surface area contributed by atoms with E-state index >= 15 is 0 Å². The molecule has 0 saturated carbocycles. The highest BCUT2D eigenvalue weighted by Gasteiger charge is 2.12. The van der Waals surface area contributed by atoms with Crippen LogP contribution in [0, 0.1) is 12.7 Å². The standard InChI is InChI=1S/C26H22ClFN4S/c1-17-7-8-20(14-24(17)28)25-23(19-9-11-21(27)12-10-19)13-18(15-30-25)16-31-26(29)32-33-22-5-3-2-4-6-22/h2-15H,16H2,1H3,(H3,29,31,32). The largest absolute Gasteiger partial charge is 0.369 e. The maximum Gasteiger partial charge on any atom is 0.199 e. The molecule has 0 aliphatic rings. The first-order valence-corrected chi connectivity index (χ1v) is 11.5. The van der Waals surface area contributed by atoms with Crippen LogP contribution in [0.1, 0.15) is 11.1 Å². The van der Waals surface area contributed by atoms with Crippen LogP contribution in [0.25, 0.3) is 22.4 Å². The average Bonchev–Trinajstić information content (AvgIpc) is 2.84. The summed E-state index contributed by atoms with van der Waals surface area (Å²) in [6.07, 6.45) is 1.74. The summed E-state index contributed by atoms with van der Waals surface area (Å²) >= 11 is 7.48. The van der Waals surface area contributed by atoms with Crippen LogP contribution in [0.5, 0.6) is 0 Å². The molecule has 0 bridgehead atoms. The molecular formula is C26H22ClFN4S. The molecule has 0 amide bonds. The van der Waals surface area contributed by atoms with Gasteiger partial charge in [-0.25, -0.2) is 9.38 Å². The first-order chi connectivity index (χ1) is 16.0. The number of halogens is 2. The Bertz CT molecular complexity index is 1280. The molecule has 7 heteroatoms. The fourth-order valence-electron chi connectivity index (χ4n) is 3.22. The molecule has 0 radical (unpaired) electrons. The molecule has 33 heavy (non-hydrogen) atoms. The van der Waals surface area contributed by atoms with Crippen LogP contribution >= 0.6 is 23.5 Å². The summed E-state index contributed by atoms with van der Waals surface area (Å²) in [7, 11) is 0. The third-order valence-corrected chi connectivity index (χ3v) is 6.06. The Morgan fingerprint density at radius 2 is 1.76 bits per heavy atom. The number of guanidine groups is 1. The summed E-state index contributed by atoms with van der Waals surface area (Å²) in [5.74, 6) is 0.0568. The molecule has 4 rings (SSSR count). The summed E-state index contributed by atoms with van der Waals surface area (Å²) in [6.45, 7) is 2.09. The van der Waals surface area contributed by atoms with E-state index in [0.29, 0.717) is 34.3 Å².